The van der Waals surface area contributed by atoms with E-state index in [4.69, 9.17) is 11.6 Å². The molecule has 1 aliphatic heterocycles. The summed E-state index contributed by atoms with van der Waals surface area (Å²) in [5, 5.41) is 2.83. The van der Waals surface area contributed by atoms with Crippen LogP contribution in [-0.4, -0.2) is 66.8 Å². The van der Waals surface area contributed by atoms with Gasteiger partial charge in [-0.25, -0.2) is 4.39 Å². The molecule has 2 rings (SSSR count). The summed E-state index contributed by atoms with van der Waals surface area (Å²) in [6.45, 7) is 7.84. The van der Waals surface area contributed by atoms with Gasteiger partial charge in [0.05, 0.1) is 5.41 Å². The number of carbonyl (C=O) groups excluding carboxylic acids is 2. The molecule has 0 saturated carbocycles. The van der Waals surface area contributed by atoms with Gasteiger partial charge in [-0.3, -0.25) is 14.5 Å². The highest BCUT2D eigenvalue weighted by atomic mass is 35.5. The van der Waals surface area contributed by atoms with E-state index in [-0.39, 0.29) is 17.6 Å². The molecule has 2 amide bonds. The Hall–Kier alpha value is -1.66. The van der Waals surface area contributed by atoms with E-state index >= 15 is 0 Å². The van der Waals surface area contributed by atoms with Gasteiger partial charge in [0.15, 0.2) is 0 Å². The van der Waals surface area contributed by atoms with Crippen molar-refractivity contribution in [2.45, 2.75) is 13.8 Å². The summed E-state index contributed by atoms with van der Waals surface area (Å²) in [6.07, 6.45) is 0. The number of amides is 2. The molecule has 0 unspecified atom stereocenters. The first-order valence-electron chi connectivity index (χ1n) is 8.45. The lowest BCUT2D eigenvalue weighted by molar-refractivity contribution is -0.141. The smallest absolute Gasteiger partial charge is 0.251 e. The number of piperazine rings is 1. The average Bonchev–Trinajstić information content (AvgIpc) is 2.62. The van der Waals surface area contributed by atoms with Gasteiger partial charge in [-0.05, 0) is 38.1 Å². The summed E-state index contributed by atoms with van der Waals surface area (Å²) in [4.78, 5) is 28.4. The van der Waals surface area contributed by atoms with Crippen molar-refractivity contribution in [2.24, 2.45) is 5.41 Å². The highest BCUT2D eigenvalue weighted by molar-refractivity contribution is 6.19. The molecule has 1 aromatic carbocycles. The molecule has 0 aromatic heterocycles. The Balaban J connectivity index is 1.71. The fourth-order valence-electron chi connectivity index (χ4n) is 2.69. The third kappa shape index (κ3) is 5.41. The van der Waals surface area contributed by atoms with Crippen LogP contribution in [0.4, 0.5) is 4.39 Å². The highest BCUT2D eigenvalue weighted by Crippen LogP contribution is 2.21. The molecular weight excluding hydrogens is 345 g/mol. The molecule has 0 aliphatic carbocycles. The topological polar surface area (TPSA) is 52.7 Å². The number of hydrogen-bond donors (Lipinski definition) is 1. The molecule has 1 aliphatic rings. The van der Waals surface area contributed by atoms with Crippen molar-refractivity contribution < 1.29 is 14.0 Å². The maximum absolute atomic E-state index is 12.9. The molecule has 0 atom stereocenters. The van der Waals surface area contributed by atoms with Gasteiger partial charge < -0.3 is 10.2 Å². The van der Waals surface area contributed by atoms with Crippen LogP contribution in [0.1, 0.15) is 24.2 Å². The van der Waals surface area contributed by atoms with Crippen LogP contribution >= 0.6 is 11.6 Å². The van der Waals surface area contributed by atoms with E-state index in [0.29, 0.717) is 37.6 Å². The Morgan fingerprint density at radius 2 is 1.76 bits per heavy atom. The maximum atomic E-state index is 12.9. The molecule has 138 valence electrons. The van der Waals surface area contributed by atoms with Gasteiger partial charge in [0, 0.05) is 50.7 Å². The fourth-order valence-corrected chi connectivity index (χ4v) is 2.80. The van der Waals surface area contributed by atoms with Crippen LogP contribution < -0.4 is 5.32 Å². The monoisotopic (exact) mass is 369 g/mol. The normalized spacial score (nSPS) is 15.9. The maximum Gasteiger partial charge on any atom is 0.251 e. The largest absolute Gasteiger partial charge is 0.351 e. The van der Waals surface area contributed by atoms with Gasteiger partial charge in [-0.15, -0.1) is 11.6 Å². The Kier molecular flexibility index (Phi) is 6.79. The summed E-state index contributed by atoms with van der Waals surface area (Å²) in [7, 11) is 0. The summed E-state index contributed by atoms with van der Waals surface area (Å²) < 4.78 is 12.9. The third-order valence-corrected chi connectivity index (χ3v) is 5.06. The van der Waals surface area contributed by atoms with Crippen LogP contribution in [0.3, 0.4) is 0 Å². The quantitative estimate of drug-likeness (QED) is 0.780. The number of benzene rings is 1. The van der Waals surface area contributed by atoms with Crippen molar-refractivity contribution in [2.75, 3.05) is 45.1 Å². The van der Waals surface area contributed by atoms with Crippen molar-refractivity contribution in [1.29, 1.82) is 0 Å². The van der Waals surface area contributed by atoms with Crippen molar-refractivity contribution in [1.82, 2.24) is 15.1 Å². The average molecular weight is 370 g/mol. The molecule has 5 nitrogen and oxygen atoms in total. The minimum atomic E-state index is -0.535. The molecular formula is C18H25ClFN3O2. The summed E-state index contributed by atoms with van der Waals surface area (Å²) in [5.74, 6) is -0.174. The van der Waals surface area contributed by atoms with Gasteiger partial charge in [-0.2, -0.15) is 0 Å². The highest BCUT2D eigenvalue weighted by Gasteiger charge is 2.32. The molecule has 0 spiro atoms. The van der Waals surface area contributed by atoms with Gasteiger partial charge in [0.25, 0.3) is 5.91 Å². The standard InChI is InChI=1S/C18H25ClFN3O2/c1-18(2,13-19)17(25)23-11-9-22(10-12-23)8-7-21-16(24)14-3-5-15(20)6-4-14/h3-6H,7-13H2,1-2H3,(H,21,24). The molecule has 1 heterocycles. The SMILES string of the molecule is CC(C)(CCl)C(=O)N1CCN(CCNC(=O)c2ccc(F)cc2)CC1. The summed E-state index contributed by atoms with van der Waals surface area (Å²) >= 11 is 5.87. The Bertz CT molecular complexity index is 599. The number of nitrogens with zero attached hydrogens (tertiary/aromatic N) is 2. The number of halogens is 2. The molecule has 1 N–H and O–H groups in total. The number of carbonyl (C=O) groups is 2. The fraction of sp³-hybridized carbons (Fsp3) is 0.556. The Morgan fingerprint density at radius 1 is 1.16 bits per heavy atom. The van der Waals surface area contributed by atoms with Gasteiger partial charge in [0.1, 0.15) is 5.82 Å². The van der Waals surface area contributed by atoms with Crippen LogP contribution in [0.2, 0.25) is 0 Å². The Morgan fingerprint density at radius 3 is 2.32 bits per heavy atom. The first-order valence-corrected chi connectivity index (χ1v) is 8.98. The molecule has 7 heteroatoms. The van der Waals surface area contributed by atoms with E-state index < -0.39 is 5.41 Å². The summed E-state index contributed by atoms with van der Waals surface area (Å²) in [5.41, 5.74) is -0.0903. The number of rotatable bonds is 6. The van der Waals surface area contributed by atoms with E-state index in [1.165, 1.54) is 24.3 Å². The number of hydrogen-bond acceptors (Lipinski definition) is 3. The van der Waals surface area contributed by atoms with Gasteiger partial charge in [0.2, 0.25) is 5.91 Å². The molecule has 0 bridgehead atoms. The lowest BCUT2D eigenvalue weighted by Gasteiger charge is -2.38. The zero-order chi connectivity index (χ0) is 18.4. The lowest BCUT2D eigenvalue weighted by Crippen LogP contribution is -2.53. The second-order valence-corrected chi connectivity index (χ2v) is 7.18. The molecule has 1 fully saturated rings. The van der Waals surface area contributed by atoms with Crippen molar-refractivity contribution in [3.8, 4) is 0 Å². The molecule has 25 heavy (non-hydrogen) atoms. The van der Waals surface area contributed by atoms with E-state index in [2.05, 4.69) is 10.2 Å². The minimum absolute atomic E-state index is 0.0896. The van der Waals surface area contributed by atoms with Gasteiger partial charge in [-0.1, -0.05) is 0 Å². The predicted octanol–water partition coefficient (Wildman–Crippen LogP) is 1.96. The number of nitrogens with one attached hydrogen (secondary N) is 1. The Labute approximate surface area is 153 Å². The lowest BCUT2D eigenvalue weighted by atomic mass is 9.94. The first-order chi connectivity index (χ1) is 11.8. The predicted molar refractivity (Wildman–Crippen MR) is 96.3 cm³/mol. The van der Waals surface area contributed by atoms with Crippen molar-refractivity contribution >= 4 is 23.4 Å². The molecule has 1 saturated heterocycles. The van der Waals surface area contributed by atoms with Crippen LogP contribution in [-0.2, 0) is 4.79 Å². The van der Waals surface area contributed by atoms with Crippen LogP contribution in [0, 0.1) is 11.2 Å². The van der Waals surface area contributed by atoms with E-state index in [0.717, 1.165) is 13.1 Å². The number of alkyl halides is 1. The van der Waals surface area contributed by atoms with Crippen LogP contribution in [0.25, 0.3) is 0 Å². The zero-order valence-corrected chi connectivity index (χ0v) is 15.5. The minimum Gasteiger partial charge on any atom is -0.351 e. The van der Waals surface area contributed by atoms with Gasteiger partial charge >= 0.3 is 0 Å². The zero-order valence-electron chi connectivity index (χ0n) is 14.7. The molecule has 0 radical (unpaired) electrons. The second-order valence-electron chi connectivity index (χ2n) is 6.91. The van der Waals surface area contributed by atoms with E-state index in [1.54, 1.807) is 0 Å². The third-order valence-electron chi connectivity index (χ3n) is 4.39. The van der Waals surface area contributed by atoms with Crippen LogP contribution in [0.5, 0.6) is 0 Å². The van der Waals surface area contributed by atoms with Crippen molar-refractivity contribution in [3.05, 3.63) is 35.6 Å². The molecule has 1 aromatic rings. The van der Waals surface area contributed by atoms with Crippen molar-refractivity contribution in [3.63, 3.8) is 0 Å². The van der Waals surface area contributed by atoms with E-state index in [9.17, 15) is 14.0 Å². The second kappa shape index (κ2) is 8.63. The first kappa shape index (κ1) is 19.7. The van der Waals surface area contributed by atoms with E-state index in [1.807, 2.05) is 18.7 Å². The van der Waals surface area contributed by atoms with Crippen LogP contribution in [0.15, 0.2) is 24.3 Å². The summed E-state index contributed by atoms with van der Waals surface area (Å²) in [6, 6.07) is 5.47.